The average molecular weight is 770 g/mol. The smallest absolute Gasteiger partial charge is 0.164 e. The van der Waals surface area contributed by atoms with E-state index < -0.39 is 0 Å². The highest BCUT2D eigenvalue weighted by atomic mass is 15.0. The lowest BCUT2D eigenvalue weighted by molar-refractivity contribution is 1.07. The van der Waals surface area contributed by atoms with E-state index in [9.17, 15) is 0 Å². The lowest BCUT2D eigenvalue weighted by Gasteiger charge is -2.18. The lowest BCUT2D eigenvalue weighted by Crippen LogP contribution is -2.01. The maximum Gasteiger partial charge on any atom is 0.164 e. The Hall–Kier alpha value is -8.29. The average Bonchev–Trinajstić information content (AvgIpc) is 3.35. The number of pyridine rings is 1. The van der Waals surface area contributed by atoms with E-state index in [1.54, 1.807) is 0 Å². The van der Waals surface area contributed by atoms with Gasteiger partial charge in [0, 0.05) is 45.1 Å². The zero-order valence-corrected chi connectivity index (χ0v) is 32.3. The van der Waals surface area contributed by atoms with Gasteiger partial charge in [0.2, 0.25) is 0 Å². The third kappa shape index (κ3) is 7.35. The SMILES string of the molecule is c1ccc(-c2nc(-c3ccccc3)nc(-c3ccc(-c4c(-c5ccccn5)cccc4-c4ccccc4-c4nc(-c5ccccc5)nc(-c5ccccc5)n4)cc3)n2)cc1. The van der Waals surface area contributed by atoms with Crippen LogP contribution in [-0.2, 0) is 0 Å². The summed E-state index contributed by atoms with van der Waals surface area (Å²) in [5.74, 6) is 3.63. The minimum atomic E-state index is 0.584. The van der Waals surface area contributed by atoms with Crippen LogP contribution in [0.15, 0.2) is 212 Å². The Morgan fingerprint density at radius 1 is 0.217 bits per heavy atom. The fraction of sp³-hybridized carbons (Fsp3) is 0. The number of hydrogen-bond donors (Lipinski definition) is 0. The van der Waals surface area contributed by atoms with Crippen LogP contribution < -0.4 is 0 Å². The van der Waals surface area contributed by atoms with Gasteiger partial charge in [-0.05, 0) is 34.4 Å². The van der Waals surface area contributed by atoms with Crippen LogP contribution in [0.5, 0.6) is 0 Å². The molecule has 282 valence electrons. The zero-order valence-electron chi connectivity index (χ0n) is 32.3. The molecule has 7 heteroatoms. The molecule has 0 aliphatic rings. The van der Waals surface area contributed by atoms with Gasteiger partial charge in [0.15, 0.2) is 34.9 Å². The van der Waals surface area contributed by atoms with Crippen molar-refractivity contribution in [1.29, 1.82) is 0 Å². The Kier molecular flexibility index (Phi) is 9.79. The molecule has 60 heavy (non-hydrogen) atoms. The third-order valence-electron chi connectivity index (χ3n) is 10.3. The molecule has 0 bridgehead atoms. The van der Waals surface area contributed by atoms with Crippen molar-refractivity contribution in [2.24, 2.45) is 0 Å². The van der Waals surface area contributed by atoms with Crippen LogP contribution in [0.2, 0.25) is 0 Å². The number of aromatic nitrogens is 7. The van der Waals surface area contributed by atoms with Gasteiger partial charge >= 0.3 is 0 Å². The van der Waals surface area contributed by atoms with Gasteiger partial charge in [-0.2, -0.15) is 0 Å². The van der Waals surface area contributed by atoms with Crippen molar-refractivity contribution >= 4 is 0 Å². The molecule has 0 saturated carbocycles. The monoisotopic (exact) mass is 769 g/mol. The topological polar surface area (TPSA) is 90.2 Å². The van der Waals surface area contributed by atoms with Crippen LogP contribution in [0.25, 0.3) is 102 Å². The van der Waals surface area contributed by atoms with Crippen LogP contribution >= 0.6 is 0 Å². The van der Waals surface area contributed by atoms with Crippen LogP contribution in [-0.4, -0.2) is 34.9 Å². The summed E-state index contributed by atoms with van der Waals surface area (Å²) in [6.45, 7) is 0. The Morgan fingerprint density at radius 2 is 0.567 bits per heavy atom. The van der Waals surface area contributed by atoms with E-state index in [4.69, 9.17) is 34.9 Å². The Morgan fingerprint density at radius 3 is 1.02 bits per heavy atom. The van der Waals surface area contributed by atoms with Gasteiger partial charge in [-0.1, -0.05) is 194 Å². The van der Waals surface area contributed by atoms with Crippen molar-refractivity contribution in [1.82, 2.24) is 34.9 Å². The summed E-state index contributed by atoms with van der Waals surface area (Å²) < 4.78 is 0. The Labute approximate surface area is 347 Å². The molecule has 0 atom stereocenters. The van der Waals surface area contributed by atoms with Gasteiger partial charge in [0.25, 0.3) is 0 Å². The Balaban J connectivity index is 1.13. The minimum Gasteiger partial charge on any atom is -0.256 e. The minimum absolute atomic E-state index is 0.584. The molecule has 10 rings (SSSR count). The van der Waals surface area contributed by atoms with Crippen LogP contribution in [0, 0.1) is 0 Å². The first-order chi connectivity index (χ1) is 29.7. The summed E-state index contributed by atoms with van der Waals surface area (Å²) in [4.78, 5) is 34.9. The highest BCUT2D eigenvalue weighted by Crippen LogP contribution is 2.43. The van der Waals surface area contributed by atoms with Crippen molar-refractivity contribution in [2.75, 3.05) is 0 Å². The van der Waals surface area contributed by atoms with Crippen LogP contribution in [0.3, 0.4) is 0 Å². The third-order valence-corrected chi connectivity index (χ3v) is 10.3. The molecule has 0 fully saturated rings. The standard InChI is InChI=1S/C53H35N7/c1-5-18-37(19-6-1)48-55-49(38-20-7-2-8-21-38)57-52(56-48)41-33-31-36(32-34-41)47-43(28-17-29-45(47)46-30-15-16-35-54-46)42-26-13-14-27-44(42)53-59-50(39-22-9-3-10-23-39)58-51(60-53)40-24-11-4-12-25-40/h1-35H. The second-order valence-corrected chi connectivity index (χ2v) is 14.1. The van der Waals surface area contributed by atoms with Crippen molar-refractivity contribution in [2.45, 2.75) is 0 Å². The molecule has 10 aromatic rings. The largest absolute Gasteiger partial charge is 0.256 e. The molecule has 0 amide bonds. The van der Waals surface area contributed by atoms with E-state index >= 15 is 0 Å². The molecular formula is C53H35N7. The maximum atomic E-state index is 5.12. The molecule has 0 saturated heterocycles. The first kappa shape index (κ1) is 36.1. The van der Waals surface area contributed by atoms with Gasteiger partial charge in [0.05, 0.1) is 5.69 Å². The number of rotatable bonds is 9. The molecule has 7 nitrogen and oxygen atoms in total. The highest BCUT2D eigenvalue weighted by molar-refractivity contribution is 5.97. The first-order valence-corrected chi connectivity index (χ1v) is 19.7. The van der Waals surface area contributed by atoms with E-state index in [0.29, 0.717) is 34.9 Å². The number of nitrogens with zero attached hydrogens (tertiary/aromatic N) is 7. The molecule has 3 aromatic heterocycles. The molecule has 0 aliphatic heterocycles. The summed E-state index contributed by atoms with van der Waals surface area (Å²) in [6, 6.07) is 69.3. The Bertz CT molecular complexity index is 2940. The number of benzene rings is 7. The lowest BCUT2D eigenvalue weighted by atomic mass is 9.87. The van der Waals surface area contributed by atoms with Crippen molar-refractivity contribution in [3.8, 4) is 102 Å². The molecule has 0 aliphatic carbocycles. The van der Waals surface area contributed by atoms with Gasteiger partial charge in [0.1, 0.15) is 0 Å². The second kappa shape index (κ2) is 16.3. The summed E-state index contributed by atoms with van der Waals surface area (Å²) in [7, 11) is 0. The predicted molar refractivity (Wildman–Crippen MR) is 240 cm³/mol. The molecule has 0 radical (unpaired) electrons. The molecular weight excluding hydrogens is 735 g/mol. The van der Waals surface area contributed by atoms with Gasteiger partial charge in [-0.25, -0.2) is 29.9 Å². The second-order valence-electron chi connectivity index (χ2n) is 14.1. The molecule has 0 N–H and O–H groups in total. The fourth-order valence-electron chi connectivity index (χ4n) is 7.39. The normalized spacial score (nSPS) is 11.0. The van der Waals surface area contributed by atoms with Crippen LogP contribution in [0.4, 0.5) is 0 Å². The van der Waals surface area contributed by atoms with Crippen molar-refractivity contribution < 1.29 is 0 Å². The van der Waals surface area contributed by atoms with Gasteiger partial charge in [-0.3, -0.25) is 4.98 Å². The van der Waals surface area contributed by atoms with Crippen molar-refractivity contribution in [3.05, 3.63) is 212 Å². The quantitative estimate of drug-likeness (QED) is 0.144. The zero-order chi connectivity index (χ0) is 40.1. The summed E-state index contributed by atoms with van der Waals surface area (Å²) in [5.41, 5.74) is 11.3. The molecule has 3 heterocycles. The van der Waals surface area contributed by atoms with Gasteiger partial charge < -0.3 is 0 Å². The van der Waals surface area contributed by atoms with Crippen molar-refractivity contribution in [3.63, 3.8) is 0 Å². The highest BCUT2D eigenvalue weighted by Gasteiger charge is 2.21. The van der Waals surface area contributed by atoms with E-state index in [2.05, 4.69) is 60.7 Å². The summed E-state index contributed by atoms with van der Waals surface area (Å²) >= 11 is 0. The fourth-order valence-corrected chi connectivity index (χ4v) is 7.39. The van der Waals surface area contributed by atoms with E-state index in [-0.39, 0.29) is 0 Å². The predicted octanol–water partition coefficient (Wildman–Crippen LogP) is 12.5. The number of hydrogen-bond acceptors (Lipinski definition) is 7. The summed E-state index contributed by atoms with van der Waals surface area (Å²) in [6.07, 6.45) is 1.83. The van der Waals surface area contributed by atoms with E-state index in [1.807, 2.05) is 152 Å². The first-order valence-electron chi connectivity index (χ1n) is 19.7. The van der Waals surface area contributed by atoms with E-state index in [0.717, 1.165) is 66.9 Å². The van der Waals surface area contributed by atoms with E-state index in [1.165, 1.54) is 0 Å². The van der Waals surface area contributed by atoms with Crippen LogP contribution in [0.1, 0.15) is 0 Å². The molecule has 0 unspecified atom stereocenters. The maximum absolute atomic E-state index is 5.12. The summed E-state index contributed by atoms with van der Waals surface area (Å²) in [5, 5.41) is 0. The van der Waals surface area contributed by atoms with Gasteiger partial charge in [-0.15, -0.1) is 0 Å². The molecule has 0 spiro atoms. The molecule has 7 aromatic carbocycles.